The topological polar surface area (TPSA) is 634 Å². The molecular formula is C91H103BCl8IN18O27P. The molecule has 2 aromatic carbocycles. The molecule has 3 fully saturated rings. The first kappa shape index (κ1) is 128. The van der Waals surface area contributed by atoms with Gasteiger partial charge in [-0.1, -0.05) is 85.4 Å². The lowest BCUT2D eigenvalue weighted by molar-refractivity contribution is -0.149. The number of carbonyl (C=O) groups excluding carboxylic acids is 6. The Hall–Kier alpha value is -12.7. The number of benzene rings is 2. The number of rotatable bonds is 24. The molecule has 0 aliphatic carbocycles. The third kappa shape index (κ3) is 44.8. The fraction of sp³-hybridized carbons (Fsp3) is 0.330. The Morgan fingerprint density at radius 1 is 0.592 bits per heavy atom. The van der Waals surface area contributed by atoms with Gasteiger partial charge in [-0.2, -0.15) is 30.6 Å². The minimum absolute atomic E-state index is 0. The van der Waals surface area contributed by atoms with Gasteiger partial charge in [0.05, 0.1) is 88.8 Å². The second-order valence-corrected chi connectivity index (χ2v) is 39.8. The molecule has 0 bridgehead atoms. The summed E-state index contributed by atoms with van der Waals surface area (Å²) in [6.45, 7) is 20.5. The van der Waals surface area contributed by atoms with E-state index in [2.05, 4.69) is 138 Å². The number of aromatic amines is 2. The van der Waals surface area contributed by atoms with E-state index in [0.717, 1.165) is 79.4 Å². The maximum Gasteiger partial charge on any atom is 0.486 e. The van der Waals surface area contributed by atoms with E-state index in [1.165, 1.54) is 58.8 Å². The van der Waals surface area contributed by atoms with Gasteiger partial charge in [-0.25, -0.2) is 53.9 Å². The number of ether oxygens (including phenoxy) is 8. The van der Waals surface area contributed by atoms with E-state index in [1.54, 1.807) is 61.1 Å². The van der Waals surface area contributed by atoms with Gasteiger partial charge in [-0.05, 0) is 240 Å². The van der Waals surface area contributed by atoms with E-state index < -0.39 is 83.2 Å². The number of hydrogen-bond donors (Lipinski definition) is 9. The van der Waals surface area contributed by atoms with E-state index in [0.29, 0.717) is 70.1 Å². The van der Waals surface area contributed by atoms with Gasteiger partial charge in [-0.15, -0.1) is 27.0 Å². The van der Waals surface area contributed by atoms with Gasteiger partial charge < -0.3 is 72.9 Å². The van der Waals surface area contributed by atoms with Gasteiger partial charge in [0.2, 0.25) is 11.7 Å². The van der Waals surface area contributed by atoms with Crippen molar-refractivity contribution in [2.45, 2.75) is 156 Å². The number of ketones is 1. The number of fused-ring (bicyclic) bond motifs is 1. The Kier molecular flexibility index (Phi) is 56.2. The third-order valence-electron chi connectivity index (χ3n) is 19.3. The normalized spacial score (nSPS) is 14.6. The van der Waals surface area contributed by atoms with Crippen molar-refractivity contribution in [2.75, 3.05) is 47.0 Å². The van der Waals surface area contributed by atoms with Gasteiger partial charge >= 0.3 is 60.1 Å². The maximum atomic E-state index is 11.6. The number of carboxylic acids is 4. The molecule has 8 aromatic heterocycles. The predicted molar refractivity (Wildman–Crippen MR) is 559 cm³/mol. The Balaban J connectivity index is 0.000000446. The monoisotopic (exact) mass is 2330 g/mol. The maximum absolute atomic E-state index is 11.6. The predicted octanol–water partition coefficient (Wildman–Crippen LogP) is 18.1. The number of anilines is 1. The number of hydrazone groups is 1. The highest BCUT2D eigenvalue weighted by Gasteiger charge is 2.50. The number of methoxy groups -OCH3 is 4. The Labute approximate surface area is 894 Å². The smallest absolute Gasteiger partial charge is 0.486 e. The van der Waals surface area contributed by atoms with E-state index in [4.69, 9.17) is 117 Å². The Bertz CT molecular complexity index is 6300. The minimum atomic E-state index is -3.22. The van der Waals surface area contributed by atoms with Crippen LogP contribution in [0.2, 0.25) is 25.2 Å². The first-order valence-corrected chi connectivity index (χ1v) is 49.6. The van der Waals surface area contributed by atoms with Gasteiger partial charge in [-0.3, -0.25) is 43.9 Å². The summed E-state index contributed by atoms with van der Waals surface area (Å²) in [7, 11) is 4.87. The number of Topliss-reactive ketones (excluding diaryl/α,β-unsaturated/α-hetero) is 1. The van der Waals surface area contributed by atoms with Crippen LogP contribution in [0.25, 0.3) is 29.1 Å². The number of carbonyl (C=O) groups is 10. The van der Waals surface area contributed by atoms with Gasteiger partial charge in [0.25, 0.3) is 11.1 Å². The molecule has 12 heterocycles. The second-order valence-electron chi connectivity index (χ2n) is 30.0. The van der Waals surface area contributed by atoms with Gasteiger partial charge in [0, 0.05) is 97.2 Å². The van der Waals surface area contributed by atoms with Crippen LogP contribution in [0.3, 0.4) is 0 Å². The largest absolute Gasteiger partial charge is 0.486 e. The Morgan fingerprint density at radius 2 is 1.05 bits per heavy atom. The number of H-pyrrole nitrogens is 2. The number of carboxylic acid groups (broad SMARTS) is 4. The average Bonchev–Trinajstić information content (AvgIpc) is 1.67. The third-order valence-corrected chi connectivity index (χ3v) is 21.3. The standard InChI is InChI=1S/C27H25Cl2N5O4.C19H20Cl2IN3O2.C8H15BO2.C8H8N2O2.C6H5ClN2O2.C6H6N2O3.C5H6N2O3.C5H4N2O3.C5H6O5.2CH4.Cl3OP/c1-16(26-20(28)14-30-15-21(26)29)38-18-8-11-24-19(13-18)22(33-34(24)25-5-3-4-12-37-25)9-6-17-7-10-23(32-31-17)27(35)36-2;1-11(18-14(20)9-24-10-15(18)21)27-12-5-6-16(13(8-12)19(22)23)25-17-4-2-3-7-26-17;1-6-9-10-7(2,3)8(4,5)11-9;1-3-6-4-5-7(10-9-6)8(11)12-2;1-11-6(10)4-2-3-5(7)9-8-4;1-11-6(10)4-2-3-5(9)8-7-4;2*8-4-2-1-3(5(9)10)6-7-4;6-3(5(9)10)1-2-4(7)8;;;1-5(2,3)4/h6-11,13-16,25H,3-5,12H2,1-2H3;5-6,8-11,17,23,25H,2-4,7H2,1H3;6H,1H2,2-5H3;3-5H,1H2,2H3;2-3H,1H3;2-3H,1H3,(H,8,9);1-2H2,(H,7,8)(H,9,10);1-2H,(H,7,8)(H,9,10);1-2H2,(H,7,8)(H,9,10);2*1H4;/b9-6+;;;;;;;;;;;. The van der Waals surface area contributed by atoms with Crippen molar-refractivity contribution in [3.05, 3.63) is 249 Å². The summed E-state index contributed by atoms with van der Waals surface area (Å²) in [6, 6.07) is 25.5. The number of amides is 1. The van der Waals surface area contributed by atoms with Crippen LogP contribution in [-0.2, 0) is 66.3 Å². The molecule has 10 aromatic rings. The molecule has 9 N–H and O–H groups in total. The molecule has 0 spiro atoms. The van der Waals surface area contributed by atoms with E-state index in [9.17, 15) is 62.1 Å². The van der Waals surface area contributed by atoms with Crippen LogP contribution >= 0.6 is 120 Å². The fourth-order valence-electron chi connectivity index (χ4n) is 11.5. The number of pyridine rings is 2. The van der Waals surface area contributed by atoms with Crippen molar-refractivity contribution in [1.82, 2.24) is 76.2 Å². The zero-order valence-corrected chi connectivity index (χ0v) is 87.6. The molecular weight excluding hydrogens is 2230 g/mol. The van der Waals surface area contributed by atoms with Crippen LogP contribution in [-0.4, -0.2) is 226 Å². The van der Waals surface area contributed by atoms with Crippen LogP contribution in [0.5, 0.6) is 11.5 Å². The van der Waals surface area contributed by atoms with Crippen molar-refractivity contribution >= 4 is 230 Å². The Morgan fingerprint density at radius 3 is 1.44 bits per heavy atom. The van der Waals surface area contributed by atoms with Crippen LogP contribution in [0, 0.1) is 5.41 Å². The highest BCUT2D eigenvalue weighted by molar-refractivity contribution is 14.1. The zero-order valence-electron chi connectivity index (χ0n) is 78.5. The summed E-state index contributed by atoms with van der Waals surface area (Å²) in [5.41, 5.74) is 7.10. The molecule has 4 unspecified atom stereocenters. The lowest BCUT2D eigenvalue weighted by Crippen LogP contribution is -2.41. The highest BCUT2D eigenvalue weighted by atomic mass is 127. The molecule has 45 nitrogen and oxygen atoms in total. The quantitative estimate of drug-likeness (QED) is 0.00516. The van der Waals surface area contributed by atoms with Gasteiger partial charge in [0.1, 0.15) is 39.4 Å². The summed E-state index contributed by atoms with van der Waals surface area (Å²) in [6.07, 6.45) is 16.2. The second kappa shape index (κ2) is 64.4. The summed E-state index contributed by atoms with van der Waals surface area (Å²) < 4.78 is 64.9. The number of aromatic carboxylic acids is 1. The average molecular weight is 2330 g/mol. The van der Waals surface area contributed by atoms with Crippen molar-refractivity contribution in [3.8, 4) is 11.5 Å². The number of esters is 4. The zero-order chi connectivity index (χ0) is 108. The number of aromatic nitrogens is 14. The van der Waals surface area contributed by atoms with Crippen molar-refractivity contribution in [3.63, 3.8) is 0 Å². The number of halogens is 9. The minimum Gasteiger partial charge on any atom is -0.486 e. The number of nitrogens with zero attached hydrogens (tertiary/aromatic N) is 13. The van der Waals surface area contributed by atoms with Crippen molar-refractivity contribution in [1.29, 1.82) is 5.41 Å². The first-order valence-electron chi connectivity index (χ1n) is 42.2. The molecule has 0 radical (unpaired) electrons. The highest BCUT2D eigenvalue weighted by Crippen LogP contribution is 2.61. The fourth-order valence-corrected chi connectivity index (χ4v) is 13.4. The van der Waals surface area contributed by atoms with Crippen LogP contribution < -0.4 is 31.3 Å². The molecule has 4 aliphatic heterocycles. The molecule has 4 aliphatic rings. The molecule has 14 rings (SSSR count). The van der Waals surface area contributed by atoms with Crippen molar-refractivity contribution < 1.29 is 120 Å². The first-order chi connectivity index (χ1) is 68.5. The van der Waals surface area contributed by atoms with Crippen molar-refractivity contribution in [2.24, 2.45) is 5.10 Å². The molecule has 56 heteroatoms. The summed E-state index contributed by atoms with van der Waals surface area (Å²) >= 11 is 46.4. The van der Waals surface area contributed by atoms with Crippen LogP contribution in [0.1, 0.15) is 225 Å². The summed E-state index contributed by atoms with van der Waals surface area (Å²) in [4.78, 5) is 133. The number of aliphatic carboxylic acids is 3. The molecule has 1 amide bonds. The lowest BCUT2D eigenvalue weighted by atomic mass is 9.90. The molecule has 3 saturated heterocycles. The SMILES string of the molecule is C.C.C=CB1OC(C)(C)C(C)(C)O1.C=Cc1ccc(C(=O)OC)nn1.CC(Oc1ccc(NC2CCCCO2)c(C(=N)I)c1)c1c(Cl)cncc1Cl.COC(=O)c1ccc(/C=C/c2nn(C3CCCCO3)c3ccc(OC(C)c4c(Cl)cncc4Cl)cc23)nn1.COC(=O)c1ccc(=O)[nH]n1.COC(=O)c1ccc(Cl)nn1.O=C(O)CCC(=O)C(=O)O.O=C(O)c1ccc(=O)[nH]n1.O=C1CCC(C(=O)O)=NN1.O=P(Cl)(Cl)Cl. The molecule has 790 valence electrons. The molecule has 4 atom stereocenters. The summed E-state index contributed by atoms with van der Waals surface area (Å²) in [5, 5.41) is 85.1. The lowest BCUT2D eigenvalue weighted by Gasteiger charge is -2.32. The molecule has 147 heavy (non-hydrogen) atoms. The van der Waals surface area contributed by atoms with E-state index in [1.807, 2.05) is 116 Å². The van der Waals surface area contributed by atoms with Gasteiger partial charge in [0.15, 0.2) is 39.9 Å². The van der Waals surface area contributed by atoms with E-state index >= 15 is 0 Å². The number of nitrogens with one attached hydrogen (secondary N) is 5. The summed E-state index contributed by atoms with van der Waals surface area (Å²) in [5.74, 6) is -5.45. The van der Waals surface area contributed by atoms with E-state index in [-0.39, 0.29) is 115 Å². The van der Waals surface area contributed by atoms with Crippen LogP contribution in [0.4, 0.5) is 5.69 Å². The van der Waals surface area contributed by atoms with Crippen LogP contribution in [0.15, 0.2) is 156 Å². The number of hydrogen-bond acceptors (Lipinski definition) is 37. The molecule has 0 saturated carbocycles.